The number of amides is 1. The zero-order valence-electron chi connectivity index (χ0n) is 16.6. The van der Waals surface area contributed by atoms with Crippen LogP contribution in [0.3, 0.4) is 0 Å². The van der Waals surface area contributed by atoms with Gasteiger partial charge in [0.2, 0.25) is 5.91 Å². The lowest BCUT2D eigenvalue weighted by Gasteiger charge is -2.38. The Labute approximate surface area is 176 Å². The summed E-state index contributed by atoms with van der Waals surface area (Å²) >= 11 is 0. The molecule has 0 radical (unpaired) electrons. The second-order valence-electron chi connectivity index (χ2n) is 8.41. The summed E-state index contributed by atoms with van der Waals surface area (Å²) in [7, 11) is 0. The Morgan fingerprint density at radius 3 is 2.39 bits per heavy atom. The number of piperidine rings is 1. The number of carbonyl (C=O) groups is 1. The maximum Gasteiger partial charge on any atom is 0.280 e. The molecule has 3 aliphatic rings. The highest BCUT2D eigenvalue weighted by Crippen LogP contribution is 2.47. The van der Waals surface area contributed by atoms with E-state index in [1.54, 1.807) is 5.01 Å². The van der Waals surface area contributed by atoms with Crippen LogP contribution >= 0.6 is 0 Å². The average Bonchev–Trinajstić information content (AvgIpc) is 3.26. The number of hydrogen-bond acceptors (Lipinski definition) is 5. The van der Waals surface area contributed by atoms with Gasteiger partial charge in [0, 0.05) is 38.3 Å². The van der Waals surface area contributed by atoms with E-state index in [0.717, 1.165) is 12.4 Å². The van der Waals surface area contributed by atoms with Crippen molar-refractivity contribution in [2.24, 2.45) is 5.41 Å². The first-order valence-electron chi connectivity index (χ1n) is 10.3. The molecule has 31 heavy (non-hydrogen) atoms. The molecule has 0 saturated carbocycles. The van der Waals surface area contributed by atoms with Crippen molar-refractivity contribution in [2.75, 3.05) is 31.1 Å². The first-order valence-corrected chi connectivity index (χ1v) is 10.3. The van der Waals surface area contributed by atoms with E-state index in [2.05, 4.69) is 9.97 Å². The van der Waals surface area contributed by atoms with Gasteiger partial charge in [-0.1, -0.05) is 0 Å². The number of aromatic nitrogens is 2. The fourth-order valence-corrected chi connectivity index (χ4v) is 5.05. The van der Waals surface area contributed by atoms with Gasteiger partial charge in [-0.25, -0.2) is 32.5 Å². The van der Waals surface area contributed by atoms with E-state index in [-0.39, 0.29) is 17.6 Å². The van der Waals surface area contributed by atoms with Gasteiger partial charge in [-0.3, -0.25) is 9.80 Å². The number of hydrogen-bond donors (Lipinski definition) is 0. The fourth-order valence-electron chi connectivity index (χ4n) is 5.05. The van der Waals surface area contributed by atoms with Crippen LogP contribution in [0, 0.1) is 17.0 Å². The van der Waals surface area contributed by atoms with Crippen molar-refractivity contribution in [2.45, 2.75) is 31.7 Å². The number of hydrazine groups is 1. The summed E-state index contributed by atoms with van der Waals surface area (Å²) in [5, 5.41) is 3.65. The lowest BCUT2D eigenvalue weighted by atomic mass is 9.77. The Morgan fingerprint density at radius 2 is 1.71 bits per heavy atom. The molecule has 1 spiro atoms. The van der Waals surface area contributed by atoms with E-state index >= 15 is 0 Å². The monoisotopic (exact) mass is 435 g/mol. The van der Waals surface area contributed by atoms with Crippen LogP contribution in [0.15, 0.2) is 30.6 Å². The van der Waals surface area contributed by atoms with E-state index in [0.29, 0.717) is 56.8 Å². The van der Waals surface area contributed by atoms with Crippen molar-refractivity contribution >= 4 is 11.7 Å². The van der Waals surface area contributed by atoms with E-state index in [9.17, 15) is 22.4 Å². The highest BCUT2D eigenvalue weighted by Gasteiger charge is 2.56. The number of fused-ring (bicyclic) bond motifs is 1. The molecular formula is C21H21F4N5O. The highest BCUT2D eigenvalue weighted by molar-refractivity contribution is 5.85. The van der Waals surface area contributed by atoms with Crippen molar-refractivity contribution in [1.29, 1.82) is 0 Å². The van der Waals surface area contributed by atoms with Gasteiger partial charge in [0.15, 0.2) is 0 Å². The Bertz CT molecular complexity index is 991. The van der Waals surface area contributed by atoms with Crippen LogP contribution in [-0.2, 0) is 4.79 Å². The lowest BCUT2D eigenvalue weighted by Crippen LogP contribution is -2.46. The Balaban J connectivity index is 1.33. The third-order valence-corrected chi connectivity index (χ3v) is 6.62. The molecule has 10 heteroatoms. The molecule has 0 N–H and O–H groups in total. The second-order valence-corrected chi connectivity index (χ2v) is 8.41. The van der Waals surface area contributed by atoms with Gasteiger partial charge in [-0.15, -0.1) is 0 Å². The van der Waals surface area contributed by atoms with Crippen LogP contribution in [0.25, 0.3) is 0 Å². The van der Waals surface area contributed by atoms with E-state index in [4.69, 9.17) is 0 Å². The molecule has 4 heterocycles. The minimum absolute atomic E-state index is 0.0322. The van der Waals surface area contributed by atoms with Crippen LogP contribution in [0.1, 0.15) is 43.0 Å². The van der Waals surface area contributed by atoms with E-state index < -0.39 is 23.5 Å². The van der Waals surface area contributed by atoms with Crippen molar-refractivity contribution in [3.63, 3.8) is 0 Å². The summed E-state index contributed by atoms with van der Waals surface area (Å²) in [6.07, 6.45) is 0.188. The third kappa shape index (κ3) is 3.42. The van der Waals surface area contributed by atoms with Crippen molar-refractivity contribution < 1.29 is 22.4 Å². The maximum absolute atomic E-state index is 13.7. The number of anilines is 1. The molecule has 0 bridgehead atoms. The molecule has 2 aromatic rings. The third-order valence-electron chi connectivity index (χ3n) is 6.62. The van der Waals surface area contributed by atoms with Gasteiger partial charge in [0.1, 0.15) is 29.5 Å². The second kappa shape index (κ2) is 7.44. The van der Waals surface area contributed by atoms with Crippen LogP contribution < -0.4 is 4.90 Å². The molecule has 6 nitrogen and oxygen atoms in total. The van der Waals surface area contributed by atoms with Crippen LogP contribution in [0.4, 0.5) is 23.4 Å². The topological polar surface area (TPSA) is 52.6 Å². The van der Waals surface area contributed by atoms with Crippen LogP contribution in [0.2, 0.25) is 0 Å². The molecule has 1 amide bonds. The number of nitrogens with zero attached hydrogens (tertiary/aromatic N) is 5. The Kier molecular flexibility index (Phi) is 4.84. The standard InChI is InChI=1S/C21H21F4N5O/c22-14-7-13(8-15(23)9-14)17-1-4-29-11-21(20(31)30(17)29)2-5-28(6-3-21)18-10-16(19(24)25)26-12-27-18/h7-10,12,17,19H,1-6,11H2/t17-/m0/s1. The zero-order chi connectivity index (χ0) is 21.8. The molecule has 3 saturated heterocycles. The number of alkyl halides is 2. The summed E-state index contributed by atoms with van der Waals surface area (Å²) in [5.41, 5.74) is -0.443. The normalized spacial score (nSPS) is 23.3. The predicted molar refractivity (Wildman–Crippen MR) is 103 cm³/mol. The molecule has 3 fully saturated rings. The number of halogens is 4. The molecule has 5 rings (SSSR count). The molecule has 0 aliphatic carbocycles. The van der Waals surface area contributed by atoms with Crippen molar-refractivity contribution in [3.05, 3.63) is 53.5 Å². The molecular weight excluding hydrogens is 414 g/mol. The number of rotatable bonds is 3. The highest BCUT2D eigenvalue weighted by atomic mass is 19.3. The smallest absolute Gasteiger partial charge is 0.280 e. The van der Waals surface area contributed by atoms with Crippen molar-refractivity contribution in [3.8, 4) is 0 Å². The number of carbonyl (C=O) groups excluding carboxylic acids is 1. The van der Waals surface area contributed by atoms with Gasteiger partial charge >= 0.3 is 0 Å². The zero-order valence-corrected chi connectivity index (χ0v) is 16.6. The van der Waals surface area contributed by atoms with E-state index in [1.165, 1.54) is 18.2 Å². The Morgan fingerprint density at radius 1 is 1.00 bits per heavy atom. The van der Waals surface area contributed by atoms with Crippen LogP contribution in [-0.4, -0.2) is 52.1 Å². The molecule has 3 aliphatic heterocycles. The molecule has 164 valence electrons. The molecule has 1 atom stereocenters. The largest absolute Gasteiger partial charge is 0.356 e. The first kappa shape index (κ1) is 20.2. The van der Waals surface area contributed by atoms with Crippen LogP contribution in [0.5, 0.6) is 0 Å². The average molecular weight is 435 g/mol. The van der Waals surface area contributed by atoms with Gasteiger partial charge in [-0.05, 0) is 37.0 Å². The summed E-state index contributed by atoms with van der Waals surface area (Å²) in [4.78, 5) is 23.1. The van der Waals surface area contributed by atoms with Gasteiger partial charge in [-0.2, -0.15) is 0 Å². The van der Waals surface area contributed by atoms with Gasteiger partial charge in [0.25, 0.3) is 6.43 Å². The SMILES string of the molecule is O=C1N2[C@H](c3cc(F)cc(F)c3)CCN2CC12CCN(c1cc(C(F)F)ncn1)CC2. The predicted octanol–water partition coefficient (Wildman–Crippen LogP) is 3.48. The summed E-state index contributed by atoms with van der Waals surface area (Å²) in [6.45, 7) is 2.21. The summed E-state index contributed by atoms with van der Waals surface area (Å²) in [6, 6.07) is 4.30. The van der Waals surface area contributed by atoms with Crippen molar-refractivity contribution in [1.82, 2.24) is 20.0 Å². The maximum atomic E-state index is 13.7. The quantitative estimate of drug-likeness (QED) is 0.691. The lowest BCUT2D eigenvalue weighted by molar-refractivity contribution is -0.143. The summed E-state index contributed by atoms with van der Waals surface area (Å²) < 4.78 is 53.4. The van der Waals surface area contributed by atoms with Gasteiger partial charge < -0.3 is 4.90 Å². The Hall–Kier alpha value is -2.75. The molecule has 0 unspecified atom stereocenters. The van der Waals surface area contributed by atoms with Gasteiger partial charge in [0.05, 0.1) is 11.5 Å². The molecule has 1 aromatic heterocycles. The first-order chi connectivity index (χ1) is 14.9. The fraction of sp³-hybridized carbons (Fsp3) is 0.476. The summed E-state index contributed by atoms with van der Waals surface area (Å²) in [5.74, 6) is -0.915. The minimum Gasteiger partial charge on any atom is -0.356 e. The van der Waals surface area contributed by atoms with E-state index in [1.807, 2.05) is 9.91 Å². The molecule has 1 aromatic carbocycles. The minimum atomic E-state index is -2.67. The number of benzene rings is 1.